The highest BCUT2D eigenvalue weighted by Gasteiger charge is 2.09. The van der Waals surface area contributed by atoms with Crippen LogP contribution in [0.15, 0.2) is 42.5 Å². The molecule has 94 valence electrons. The number of benzene rings is 2. The maximum atomic E-state index is 11.1. The number of hydrogen-bond acceptors (Lipinski definition) is 2. The van der Waals surface area contributed by atoms with Crippen LogP contribution in [0.25, 0.3) is 20.5 Å². The zero-order chi connectivity index (χ0) is 13.4. The molecule has 3 aromatic rings. The molecule has 2 heteroatoms. The van der Waals surface area contributed by atoms with Gasteiger partial charge in [-0.25, -0.2) is 0 Å². The average molecular weight is 266 g/mol. The first-order valence-electron chi connectivity index (χ1n) is 6.24. The van der Waals surface area contributed by atoms with Crippen molar-refractivity contribution >= 4 is 27.7 Å². The predicted molar refractivity (Wildman–Crippen MR) is 82.1 cm³/mol. The van der Waals surface area contributed by atoms with Crippen molar-refractivity contribution in [3.63, 3.8) is 0 Å². The molecule has 0 unspecified atom stereocenters. The van der Waals surface area contributed by atoms with Crippen LogP contribution in [0.5, 0.6) is 0 Å². The standard InChI is InChI=1S/C17H14OS/c1-11-7-12(2)15(8-14(11)10-18)17-9-13-5-3-4-6-16(13)19-17/h3-10H,1-2H3. The van der Waals surface area contributed by atoms with Crippen LogP contribution in [0.1, 0.15) is 21.5 Å². The number of fused-ring (bicyclic) bond motifs is 1. The summed E-state index contributed by atoms with van der Waals surface area (Å²) in [5.74, 6) is 0. The number of carbonyl (C=O) groups is 1. The Balaban J connectivity index is 2.23. The minimum atomic E-state index is 0.776. The Hall–Kier alpha value is -1.93. The van der Waals surface area contributed by atoms with Crippen molar-refractivity contribution in [1.82, 2.24) is 0 Å². The van der Waals surface area contributed by atoms with E-state index in [1.165, 1.54) is 20.5 Å². The molecule has 0 aliphatic heterocycles. The number of rotatable bonds is 2. The highest BCUT2D eigenvalue weighted by Crippen LogP contribution is 2.35. The Morgan fingerprint density at radius 2 is 1.79 bits per heavy atom. The van der Waals surface area contributed by atoms with Gasteiger partial charge in [0.15, 0.2) is 0 Å². The maximum Gasteiger partial charge on any atom is 0.150 e. The van der Waals surface area contributed by atoms with Gasteiger partial charge in [0.1, 0.15) is 6.29 Å². The molecular weight excluding hydrogens is 252 g/mol. The normalized spacial score (nSPS) is 10.8. The molecule has 19 heavy (non-hydrogen) atoms. The Kier molecular flexibility index (Phi) is 2.96. The van der Waals surface area contributed by atoms with Gasteiger partial charge in [-0.15, -0.1) is 11.3 Å². The van der Waals surface area contributed by atoms with Crippen molar-refractivity contribution in [2.75, 3.05) is 0 Å². The van der Waals surface area contributed by atoms with E-state index in [2.05, 4.69) is 43.3 Å². The largest absolute Gasteiger partial charge is 0.298 e. The Morgan fingerprint density at radius 1 is 1.00 bits per heavy atom. The SMILES string of the molecule is Cc1cc(C)c(-c2cc3ccccc3s2)cc1C=O. The lowest BCUT2D eigenvalue weighted by atomic mass is 9.99. The van der Waals surface area contributed by atoms with Crippen molar-refractivity contribution in [1.29, 1.82) is 0 Å². The first kappa shape index (κ1) is 12.1. The van der Waals surface area contributed by atoms with Gasteiger partial charge in [0.2, 0.25) is 0 Å². The van der Waals surface area contributed by atoms with E-state index in [1.807, 2.05) is 13.0 Å². The summed E-state index contributed by atoms with van der Waals surface area (Å²) in [4.78, 5) is 12.3. The van der Waals surface area contributed by atoms with Crippen LogP contribution >= 0.6 is 11.3 Å². The molecular formula is C17H14OS. The molecule has 1 aromatic heterocycles. The Labute approximate surface area is 116 Å². The second-order valence-electron chi connectivity index (χ2n) is 4.79. The third kappa shape index (κ3) is 2.08. The van der Waals surface area contributed by atoms with Crippen molar-refractivity contribution in [2.24, 2.45) is 0 Å². The van der Waals surface area contributed by atoms with Crippen LogP contribution in [0.3, 0.4) is 0 Å². The molecule has 3 rings (SSSR count). The fraction of sp³-hybridized carbons (Fsp3) is 0.118. The van der Waals surface area contributed by atoms with Crippen LogP contribution in [-0.2, 0) is 0 Å². The summed E-state index contributed by atoms with van der Waals surface area (Å²) in [6.45, 7) is 4.08. The van der Waals surface area contributed by atoms with E-state index in [1.54, 1.807) is 11.3 Å². The first-order valence-corrected chi connectivity index (χ1v) is 7.06. The minimum absolute atomic E-state index is 0.776. The summed E-state index contributed by atoms with van der Waals surface area (Å²) in [5, 5.41) is 1.26. The summed E-state index contributed by atoms with van der Waals surface area (Å²) in [7, 11) is 0. The maximum absolute atomic E-state index is 11.1. The fourth-order valence-corrected chi connectivity index (χ4v) is 3.52. The Bertz CT molecular complexity index is 735. The fourth-order valence-electron chi connectivity index (χ4n) is 2.38. The van der Waals surface area contributed by atoms with Crippen molar-refractivity contribution < 1.29 is 4.79 Å². The van der Waals surface area contributed by atoms with Gasteiger partial charge in [0.25, 0.3) is 0 Å². The van der Waals surface area contributed by atoms with Crippen molar-refractivity contribution in [3.8, 4) is 10.4 Å². The van der Waals surface area contributed by atoms with Crippen LogP contribution in [-0.4, -0.2) is 6.29 Å². The van der Waals surface area contributed by atoms with E-state index in [-0.39, 0.29) is 0 Å². The molecule has 0 aliphatic carbocycles. The summed E-state index contributed by atoms with van der Waals surface area (Å²) < 4.78 is 1.28. The molecule has 0 fully saturated rings. The number of aryl methyl sites for hydroxylation is 2. The van der Waals surface area contributed by atoms with Crippen LogP contribution in [0.4, 0.5) is 0 Å². The van der Waals surface area contributed by atoms with Gasteiger partial charge in [-0.2, -0.15) is 0 Å². The molecule has 1 heterocycles. The van der Waals surface area contributed by atoms with E-state index in [0.29, 0.717) is 0 Å². The van der Waals surface area contributed by atoms with Crippen molar-refractivity contribution in [2.45, 2.75) is 13.8 Å². The van der Waals surface area contributed by atoms with Crippen LogP contribution < -0.4 is 0 Å². The van der Waals surface area contributed by atoms with Gasteiger partial charge in [0.05, 0.1) is 0 Å². The average Bonchev–Trinajstić information content (AvgIpc) is 2.82. The third-order valence-electron chi connectivity index (χ3n) is 3.43. The summed E-state index contributed by atoms with van der Waals surface area (Å²) in [6, 6.07) is 14.7. The predicted octanol–water partition coefficient (Wildman–Crippen LogP) is 5.00. The first-order chi connectivity index (χ1) is 9.19. The zero-order valence-electron chi connectivity index (χ0n) is 10.9. The zero-order valence-corrected chi connectivity index (χ0v) is 11.8. The van der Waals surface area contributed by atoms with Gasteiger partial charge < -0.3 is 0 Å². The Morgan fingerprint density at radius 3 is 2.53 bits per heavy atom. The van der Waals surface area contributed by atoms with Crippen LogP contribution in [0.2, 0.25) is 0 Å². The van der Waals surface area contributed by atoms with E-state index < -0.39 is 0 Å². The lowest BCUT2D eigenvalue weighted by Gasteiger charge is -2.07. The smallest absolute Gasteiger partial charge is 0.150 e. The lowest BCUT2D eigenvalue weighted by Crippen LogP contribution is -1.90. The summed E-state index contributed by atoms with van der Waals surface area (Å²) in [6.07, 6.45) is 0.936. The molecule has 0 aliphatic rings. The molecule has 0 bridgehead atoms. The topological polar surface area (TPSA) is 17.1 Å². The number of aldehydes is 1. The molecule has 0 radical (unpaired) electrons. The molecule has 0 saturated heterocycles. The summed E-state index contributed by atoms with van der Waals surface area (Å²) >= 11 is 1.77. The second kappa shape index (κ2) is 4.63. The molecule has 0 spiro atoms. The molecule has 0 amide bonds. The summed E-state index contributed by atoms with van der Waals surface area (Å²) in [5.41, 5.74) is 4.19. The quantitative estimate of drug-likeness (QED) is 0.597. The minimum Gasteiger partial charge on any atom is -0.298 e. The van der Waals surface area contributed by atoms with E-state index in [0.717, 1.165) is 23.0 Å². The molecule has 2 aromatic carbocycles. The van der Waals surface area contributed by atoms with E-state index >= 15 is 0 Å². The molecule has 1 nitrogen and oxygen atoms in total. The van der Waals surface area contributed by atoms with Gasteiger partial charge in [-0.3, -0.25) is 4.79 Å². The highest BCUT2D eigenvalue weighted by molar-refractivity contribution is 7.22. The monoisotopic (exact) mass is 266 g/mol. The number of hydrogen-bond donors (Lipinski definition) is 0. The lowest BCUT2D eigenvalue weighted by molar-refractivity contribution is 0.112. The van der Waals surface area contributed by atoms with Crippen molar-refractivity contribution in [3.05, 3.63) is 59.2 Å². The van der Waals surface area contributed by atoms with Crippen LogP contribution in [0, 0.1) is 13.8 Å². The molecule has 0 atom stereocenters. The molecule has 0 N–H and O–H groups in total. The second-order valence-corrected chi connectivity index (χ2v) is 5.87. The number of carbonyl (C=O) groups excluding carboxylic acids is 1. The van der Waals surface area contributed by atoms with E-state index in [4.69, 9.17) is 0 Å². The van der Waals surface area contributed by atoms with Gasteiger partial charge in [-0.05, 0) is 54.1 Å². The van der Waals surface area contributed by atoms with Gasteiger partial charge >= 0.3 is 0 Å². The highest BCUT2D eigenvalue weighted by atomic mass is 32.1. The molecule has 0 saturated carbocycles. The third-order valence-corrected chi connectivity index (χ3v) is 4.58. The van der Waals surface area contributed by atoms with E-state index in [9.17, 15) is 4.79 Å². The number of thiophene rings is 1. The van der Waals surface area contributed by atoms with Gasteiger partial charge in [-0.1, -0.05) is 24.3 Å². The van der Waals surface area contributed by atoms with Gasteiger partial charge in [0, 0.05) is 15.1 Å².